The number of benzene rings is 1. The lowest BCUT2D eigenvalue weighted by Crippen LogP contribution is -2.65. The summed E-state index contributed by atoms with van der Waals surface area (Å²) >= 11 is 6.39. The highest BCUT2D eigenvalue weighted by molar-refractivity contribution is 6.31. The molecule has 1 N–H and O–H groups in total. The summed E-state index contributed by atoms with van der Waals surface area (Å²) in [5.74, 6) is 0.0856. The van der Waals surface area contributed by atoms with Crippen LogP contribution in [0.1, 0.15) is 48.7 Å². The van der Waals surface area contributed by atoms with Gasteiger partial charge in [0.05, 0.1) is 12.8 Å². The zero-order valence-electron chi connectivity index (χ0n) is 18.1. The van der Waals surface area contributed by atoms with E-state index in [0.717, 1.165) is 31.2 Å². The highest BCUT2D eigenvalue weighted by Gasteiger charge is 2.49. The van der Waals surface area contributed by atoms with Crippen molar-refractivity contribution in [3.05, 3.63) is 58.9 Å². The van der Waals surface area contributed by atoms with Gasteiger partial charge in [-0.3, -0.25) is 19.2 Å². The summed E-state index contributed by atoms with van der Waals surface area (Å²) in [5, 5.41) is 8.30. The number of amides is 2. The molecule has 5 rings (SSSR count). The Kier molecular flexibility index (Phi) is 5.08. The summed E-state index contributed by atoms with van der Waals surface area (Å²) in [6, 6.07) is 10.8. The number of hydrogen-bond acceptors (Lipinski definition) is 4. The van der Waals surface area contributed by atoms with Gasteiger partial charge < -0.3 is 9.73 Å². The first kappa shape index (κ1) is 20.8. The Morgan fingerprint density at radius 2 is 2.03 bits per heavy atom. The minimum Gasteiger partial charge on any atom is -0.463 e. The maximum Gasteiger partial charge on any atom is 0.277 e. The van der Waals surface area contributed by atoms with Crippen LogP contribution in [0, 0.1) is 6.92 Å². The van der Waals surface area contributed by atoms with Crippen LogP contribution < -0.4 is 10.2 Å². The van der Waals surface area contributed by atoms with E-state index in [0.29, 0.717) is 27.9 Å². The molecular weight excluding hydrogens is 428 g/mol. The molecule has 1 fully saturated rings. The van der Waals surface area contributed by atoms with E-state index in [4.69, 9.17) is 16.0 Å². The molecule has 0 bridgehead atoms. The van der Waals surface area contributed by atoms with Crippen LogP contribution >= 0.6 is 11.6 Å². The highest BCUT2D eigenvalue weighted by atomic mass is 35.5. The molecule has 0 spiro atoms. The second-order valence-electron chi connectivity index (χ2n) is 8.85. The van der Waals surface area contributed by atoms with Crippen molar-refractivity contribution in [2.45, 2.75) is 57.7 Å². The number of halogens is 1. The Morgan fingerprint density at radius 3 is 2.72 bits per heavy atom. The van der Waals surface area contributed by atoms with Crippen LogP contribution in [0.4, 0.5) is 5.69 Å². The van der Waals surface area contributed by atoms with Crippen molar-refractivity contribution in [3.8, 4) is 11.5 Å². The second kappa shape index (κ2) is 7.81. The van der Waals surface area contributed by atoms with Gasteiger partial charge in [0, 0.05) is 22.8 Å². The van der Waals surface area contributed by atoms with E-state index in [9.17, 15) is 9.59 Å². The summed E-state index contributed by atoms with van der Waals surface area (Å²) in [6.07, 6.45) is 5.69. The predicted octanol–water partition coefficient (Wildman–Crippen LogP) is 4.58. The summed E-state index contributed by atoms with van der Waals surface area (Å²) < 4.78 is 7.08. The molecule has 3 heterocycles. The van der Waals surface area contributed by atoms with Gasteiger partial charge in [-0.25, -0.2) is 0 Å². The Bertz CT molecular complexity index is 1180. The van der Waals surface area contributed by atoms with Gasteiger partial charge in [-0.2, -0.15) is 5.10 Å². The van der Waals surface area contributed by atoms with Crippen LogP contribution in [-0.4, -0.2) is 33.2 Å². The largest absolute Gasteiger partial charge is 0.463 e. The van der Waals surface area contributed by atoms with Crippen LogP contribution in [0.15, 0.2) is 47.1 Å². The first-order valence-corrected chi connectivity index (χ1v) is 11.3. The molecule has 2 amide bonds. The molecule has 3 aromatic rings. The number of anilines is 1. The number of hydrogen-bond donors (Lipinski definition) is 1. The topological polar surface area (TPSA) is 80.4 Å². The lowest BCUT2D eigenvalue weighted by atomic mass is 9.93. The molecule has 0 unspecified atom stereocenters. The van der Waals surface area contributed by atoms with Crippen LogP contribution in [-0.2, 0) is 11.3 Å². The van der Waals surface area contributed by atoms with Crippen LogP contribution in [0.2, 0.25) is 5.02 Å². The van der Waals surface area contributed by atoms with Crippen molar-refractivity contribution < 1.29 is 14.0 Å². The molecule has 32 heavy (non-hydrogen) atoms. The molecule has 0 radical (unpaired) electrons. The SMILES string of the molecule is Cc1ccc(N2C(=O)c3cc(-c4ccco4)nn3C[C@@]2(C)C(=O)NC2CCCC2)cc1Cl. The maximum absolute atomic E-state index is 13.8. The maximum atomic E-state index is 13.8. The molecule has 1 aliphatic heterocycles. The Morgan fingerprint density at radius 1 is 1.25 bits per heavy atom. The van der Waals surface area contributed by atoms with Crippen molar-refractivity contribution in [2.75, 3.05) is 4.90 Å². The van der Waals surface area contributed by atoms with Gasteiger partial charge in [0.15, 0.2) is 5.76 Å². The average Bonchev–Trinajstić information content (AvgIpc) is 3.51. The molecular formula is C24H25ClN4O3. The highest BCUT2D eigenvalue weighted by Crippen LogP contribution is 2.36. The fourth-order valence-electron chi connectivity index (χ4n) is 4.66. The van der Waals surface area contributed by atoms with Gasteiger partial charge >= 0.3 is 0 Å². The number of fused-ring (bicyclic) bond motifs is 1. The van der Waals surface area contributed by atoms with E-state index < -0.39 is 5.54 Å². The van der Waals surface area contributed by atoms with Gasteiger partial charge in [0.25, 0.3) is 5.91 Å². The smallest absolute Gasteiger partial charge is 0.277 e. The number of aryl methyl sites for hydroxylation is 1. The molecule has 1 aromatic carbocycles. The number of carbonyl (C=O) groups is 2. The van der Waals surface area contributed by atoms with E-state index in [1.54, 1.807) is 47.0 Å². The summed E-state index contributed by atoms with van der Waals surface area (Å²) in [5.41, 5.74) is 1.28. The van der Waals surface area contributed by atoms with Gasteiger partial charge in [0.2, 0.25) is 5.91 Å². The third kappa shape index (κ3) is 3.41. The first-order chi connectivity index (χ1) is 15.4. The number of rotatable bonds is 4. The number of nitrogens with zero attached hydrogens (tertiary/aromatic N) is 3. The molecule has 7 nitrogen and oxygen atoms in total. The van der Waals surface area contributed by atoms with E-state index >= 15 is 0 Å². The monoisotopic (exact) mass is 452 g/mol. The normalized spacial score (nSPS) is 21.1. The lowest BCUT2D eigenvalue weighted by Gasteiger charge is -2.43. The van der Waals surface area contributed by atoms with Crippen LogP contribution in [0.25, 0.3) is 11.5 Å². The summed E-state index contributed by atoms with van der Waals surface area (Å²) in [7, 11) is 0. The summed E-state index contributed by atoms with van der Waals surface area (Å²) in [4.78, 5) is 28.9. The molecule has 8 heteroatoms. The molecule has 2 aromatic heterocycles. The standard InChI is InChI=1S/C24H25ClN4O3/c1-15-9-10-17(12-18(15)25)29-22(30)20-13-19(21-8-5-11-32-21)27-28(20)14-24(29,2)23(31)26-16-6-3-4-7-16/h5,8-13,16H,3-4,6-7,14H2,1-2H3,(H,26,31)/t24-/m0/s1. The summed E-state index contributed by atoms with van der Waals surface area (Å²) in [6.45, 7) is 3.92. The predicted molar refractivity (Wildman–Crippen MR) is 122 cm³/mol. The molecule has 1 saturated carbocycles. The Balaban J connectivity index is 1.59. The third-order valence-electron chi connectivity index (χ3n) is 6.52. The fraction of sp³-hybridized carbons (Fsp3) is 0.375. The quantitative estimate of drug-likeness (QED) is 0.628. The van der Waals surface area contributed by atoms with E-state index in [1.165, 1.54) is 0 Å². The number of carbonyl (C=O) groups excluding carboxylic acids is 2. The van der Waals surface area contributed by atoms with Crippen molar-refractivity contribution in [1.29, 1.82) is 0 Å². The zero-order valence-corrected chi connectivity index (χ0v) is 18.9. The molecule has 1 atom stereocenters. The minimum atomic E-state index is -1.17. The van der Waals surface area contributed by atoms with Crippen molar-refractivity contribution in [1.82, 2.24) is 15.1 Å². The first-order valence-electron chi connectivity index (χ1n) is 10.9. The number of furan rings is 1. The minimum absolute atomic E-state index is 0.135. The van der Waals surface area contributed by atoms with Crippen molar-refractivity contribution in [3.63, 3.8) is 0 Å². The number of nitrogens with one attached hydrogen (secondary N) is 1. The van der Waals surface area contributed by atoms with Crippen LogP contribution in [0.3, 0.4) is 0 Å². The molecule has 0 saturated heterocycles. The fourth-order valence-corrected chi connectivity index (χ4v) is 4.84. The van der Waals surface area contributed by atoms with Crippen molar-refractivity contribution in [2.24, 2.45) is 0 Å². The third-order valence-corrected chi connectivity index (χ3v) is 6.93. The number of aromatic nitrogens is 2. The Hall–Kier alpha value is -3.06. The van der Waals surface area contributed by atoms with E-state index in [1.807, 2.05) is 19.1 Å². The average molecular weight is 453 g/mol. The van der Waals surface area contributed by atoms with Crippen molar-refractivity contribution >= 4 is 29.1 Å². The lowest BCUT2D eigenvalue weighted by molar-refractivity contribution is -0.127. The van der Waals surface area contributed by atoms with Gasteiger partial charge in [-0.1, -0.05) is 30.5 Å². The molecule has 1 aliphatic carbocycles. The second-order valence-corrected chi connectivity index (χ2v) is 9.26. The van der Waals surface area contributed by atoms with Crippen LogP contribution in [0.5, 0.6) is 0 Å². The van der Waals surface area contributed by atoms with Gasteiger partial charge in [-0.05, 0) is 56.5 Å². The Labute approximate surface area is 191 Å². The van der Waals surface area contributed by atoms with Gasteiger partial charge in [0.1, 0.15) is 16.9 Å². The zero-order chi connectivity index (χ0) is 22.5. The van der Waals surface area contributed by atoms with E-state index in [-0.39, 0.29) is 24.4 Å². The van der Waals surface area contributed by atoms with Gasteiger partial charge in [-0.15, -0.1) is 0 Å². The molecule has 2 aliphatic rings. The molecule has 166 valence electrons. The van der Waals surface area contributed by atoms with E-state index in [2.05, 4.69) is 10.4 Å².